The molecule has 1 aliphatic carbocycles. The highest BCUT2D eigenvalue weighted by molar-refractivity contribution is 6.50. The monoisotopic (exact) mass is 291 g/mol. The van der Waals surface area contributed by atoms with E-state index in [-0.39, 0.29) is 11.6 Å². The average molecular weight is 291 g/mol. The number of carbonyl (C=O) groups is 1. The summed E-state index contributed by atoms with van der Waals surface area (Å²) in [5.74, 6) is -1.36. The minimum atomic E-state index is -1.23. The Hall–Kier alpha value is -2.04. The maximum atomic E-state index is 10.1. The fourth-order valence-electron chi connectivity index (χ4n) is 1.83. The first-order chi connectivity index (χ1) is 9.75. The Balaban J connectivity index is 0.000000211. The van der Waals surface area contributed by atoms with Gasteiger partial charge in [0.1, 0.15) is 0 Å². The van der Waals surface area contributed by atoms with E-state index in [1.807, 2.05) is 6.08 Å². The SMILES string of the molecule is CC1(C)CC=C(B(O)O)CC1.[C-]#[N+]c1ccc(C(=O)O)o1. The molecule has 0 radical (unpaired) electrons. The second-order valence-electron chi connectivity index (χ2n) is 5.58. The fourth-order valence-corrected chi connectivity index (χ4v) is 1.83. The number of carboxylic acid groups (broad SMARTS) is 1. The van der Waals surface area contributed by atoms with Crippen molar-refractivity contribution in [2.45, 2.75) is 33.1 Å². The van der Waals surface area contributed by atoms with Gasteiger partial charge < -0.3 is 19.6 Å². The minimum Gasteiger partial charge on any atom is -0.475 e. The minimum absolute atomic E-state index is 0.00241. The summed E-state index contributed by atoms with van der Waals surface area (Å²) in [7, 11) is -1.23. The highest BCUT2D eigenvalue weighted by atomic mass is 16.4. The van der Waals surface area contributed by atoms with Gasteiger partial charge in [0.2, 0.25) is 0 Å². The zero-order valence-corrected chi connectivity index (χ0v) is 12.0. The van der Waals surface area contributed by atoms with Gasteiger partial charge in [0.25, 0.3) is 0 Å². The Morgan fingerprint density at radius 2 is 2.10 bits per heavy atom. The number of hydrogen-bond acceptors (Lipinski definition) is 4. The van der Waals surface area contributed by atoms with Crippen LogP contribution in [0.1, 0.15) is 43.7 Å². The molecule has 21 heavy (non-hydrogen) atoms. The molecule has 6 nitrogen and oxygen atoms in total. The lowest BCUT2D eigenvalue weighted by Crippen LogP contribution is -2.22. The van der Waals surface area contributed by atoms with Crippen molar-refractivity contribution >= 4 is 19.0 Å². The van der Waals surface area contributed by atoms with E-state index in [2.05, 4.69) is 23.1 Å². The Kier molecular flexibility index (Phi) is 5.76. The molecule has 7 heteroatoms. The van der Waals surface area contributed by atoms with E-state index >= 15 is 0 Å². The second kappa shape index (κ2) is 7.11. The first-order valence-electron chi connectivity index (χ1n) is 6.51. The molecule has 112 valence electrons. The summed E-state index contributed by atoms with van der Waals surface area (Å²) in [5.41, 5.74) is 1.13. The molecule has 0 aliphatic heterocycles. The van der Waals surface area contributed by atoms with Gasteiger partial charge in [-0.2, -0.15) is 4.85 Å². The number of aromatic carboxylic acids is 1. The Morgan fingerprint density at radius 3 is 2.43 bits per heavy atom. The van der Waals surface area contributed by atoms with E-state index in [0.29, 0.717) is 5.41 Å². The van der Waals surface area contributed by atoms with Crippen molar-refractivity contribution < 1.29 is 24.4 Å². The molecule has 0 unspecified atom stereocenters. The predicted molar refractivity (Wildman–Crippen MR) is 77.8 cm³/mol. The molecule has 0 amide bonds. The number of nitrogens with zero attached hydrogens (tertiary/aromatic N) is 1. The maximum Gasteiger partial charge on any atom is 0.483 e. The average Bonchev–Trinajstić information content (AvgIpc) is 2.88. The van der Waals surface area contributed by atoms with Crippen LogP contribution in [0.25, 0.3) is 4.85 Å². The standard InChI is InChI=1S/C8H15BO2.C6H3NO3/c1-8(2)5-3-7(4-6-8)9(10)11;1-7-5-3-2-4(10-5)6(8)9/h3,10-11H,4-6H2,1-2H3;2-3H,(H,8,9). The quantitative estimate of drug-likeness (QED) is 0.575. The molecule has 0 saturated carbocycles. The van der Waals surface area contributed by atoms with Gasteiger partial charge in [-0.25, -0.2) is 4.79 Å². The summed E-state index contributed by atoms with van der Waals surface area (Å²) >= 11 is 0. The molecule has 2 rings (SSSR count). The molecular formula is C14H18BNO5. The fraction of sp³-hybridized carbons (Fsp3) is 0.429. The van der Waals surface area contributed by atoms with Gasteiger partial charge in [-0.05, 0) is 42.3 Å². The van der Waals surface area contributed by atoms with Gasteiger partial charge >= 0.3 is 19.0 Å². The topological polar surface area (TPSA) is 95.3 Å². The van der Waals surface area contributed by atoms with Crippen molar-refractivity contribution in [1.29, 1.82) is 0 Å². The number of carboxylic acids is 1. The smallest absolute Gasteiger partial charge is 0.475 e. The summed E-state index contributed by atoms with van der Waals surface area (Å²) in [6.45, 7) is 10.8. The van der Waals surface area contributed by atoms with E-state index < -0.39 is 13.1 Å². The number of furan rings is 1. The van der Waals surface area contributed by atoms with Crippen LogP contribution in [0.15, 0.2) is 28.1 Å². The zero-order valence-electron chi connectivity index (χ0n) is 12.0. The lowest BCUT2D eigenvalue weighted by atomic mass is 9.67. The number of allylic oxidation sites excluding steroid dienone is 2. The molecule has 1 heterocycles. The summed E-state index contributed by atoms with van der Waals surface area (Å²) < 4.78 is 4.54. The third-order valence-electron chi connectivity index (χ3n) is 3.25. The molecule has 0 bridgehead atoms. The molecule has 1 aromatic heterocycles. The van der Waals surface area contributed by atoms with Crippen LogP contribution in [0.4, 0.5) is 5.88 Å². The van der Waals surface area contributed by atoms with Crippen molar-refractivity contribution in [2.75, 3.05) is 0 Å². The Morgan fingerprint density at radius 1 is 1.43 bits per heavy atom. The normalized spacial score (nSPS) is 16.0. The van der Waals surface area contributed by atoms with Gasteiger partial charge in [0, 0.05) is 0 Å². The van der Waals surface area contributed by atoms with E-state index in [0.717, 1.165) is 24.7 Å². The van der Waals surface area contributed by atoms with E-state index in [4.69, 9.17) is 21.7 Å². The molecule has 0 spiro atoms. The van der Waals surface area contributed by atoms with Crippen molar-refractivity contribution in [3.8, 4) is 0 Å². The van der Waals surface area contributed by atoms with Crippen LogP contribution in [-0.4, -0.2) is 28.2 Å². The van der Waals surface area contributed by atoms with Crippen molar-refractivity contribution in [1.82, 2.24) is 0 Å². The number of rotatable bonds is 2. The molecule has 1 aliphatic rings. The van der Waals surface area contributed by atoms with Crippen LogP contribution in [0.3, 0.4) is 0 Å². The second-order valence-corrected chi connectivity index (χ2v) is 5.58. The van der Waals surface area contributed by atoms with Gasteiger partial charge in [0.15, 0.2) is 5.76 Å². The van der Waals surface area contributed by atoms with Crippen molar-refractivity contribution in [2.24, 2.45) is 5.41 Å². The third kappa shape index (κ3) is 5.46. The van der Waals surface area contributed by atoms with E-state index in [1.54, 1.807) is 0 Å². The first-order valence-corrected chi connectivity index (χ1v) is 6.51. The maximum absolute atomic E-state index is 10.1. The summed E-state index contributed by atoms with van der Waals surface area (Å²) in [6, 6.07) is 2.56. The molecule has 0 atom stereocenters. The summed E-state index contributed by atoms with van der Waals surface area (Å²) in [5, 5.41) is 26.0. The van der Waals surface area contributed by atoms with Gasteiger partial charge in [-0.15, -0.1) is 0 Å². The van der Waals surface area contributed by atoms with E-state index in [9.17, 15) is 4.79 Å². The molecule has 0 saturated heterocycles. The van der Waals surface area contributed by atoms with Crippen LogP contribution in [-0.2, 0) is 0 Å². The third-order valence-corrected chi connectivity index (χ3v) is 3.25. The van der Waals surface area contributed by atoms with Gasteiger partial charge in [0.05, 0.1) is 6.57 Å². The summed E-state index contributed by atoms with van der Waals surface area (Å²) in [6.07, 6.45) is 4.79. The molecule has 3 N–H and O–H groups in total. The molecular weight excluding hydrogens is 273 g/mol. The predicted octanol–water partition coefficient (Wildman–Crippen LogP) is 2.66. The van der Waals surface area contributed by atoms with Crippen LogP contribution in [0.2, 0.25) is 0 Å². The van der Waals surface area contributed by atoms with Crippen molar-refractivity contribution in [3.63, 3.8) is 0 Å². The van der Waals surface area contributed by atoms with Crippen LogP contribution in [0.5, 0.6) is 0 Å². The Labute approximate surface area is 123 Å². The van der Waals surface area contributed by atoms with Gasteiger partial charge in [-0.1, -0.05) is 19.9 Å². The Bertz CT molecular complexity index is 568. The van der Waals surface area contributed by atoms with Crippen LogP contribution < -0.4 is 0 Å². The summed E-state index contributed by atoms with van der Waals surface area (Å²) in [4.78, 5) is 13.0. The van der Waals surface area contributed by atoms with Crippen molar-refractivity contribution in [3.05, 3.63) is 40.9 Å². The largest absolute Gasteiger partial charge is 0.483 e. The lowest BCUT2D eigenvalue weighted by molar-refractivity contribution is 0.0664. The highest BCUT2D eigenvalue weighted by Crippen LogP contribution is 2.34. The molecule has 1 aromatic rings. The highest BCUT2D eigenvalue weighted by Gasteiger charge is 2.25. The first kappa shape index (κ1) is 17.0. The molecule has 0 fully saturated rings. The zero-order chi connectivity index (χ0) is 16.0. The number of hydrogen-bond donors (Lipinski definition) is 3. The van der Waals surface area contributed by atoms with Crippen LogP contribution in [0, 0.1) is 12.0 Å². The molecule has 0 aromatic carbocycles. The van der Waals surface area contributed by atoms with Crippen LogP contribution >= 0.6 is 0 Å². The lowest BCUT2D eigenvalue weighted by Gasteiger charge is -2.28. The van der Waals surface area contributed by atoms with E-state index in [1.165, 1.54) is 12.1 Å². The van der Waals surface area contributed by atoms with Gasteiger partial charge in [-0.3, -0.25) is 0 Å².